The number of sulfonamides is 2. The summed E-state index contributed by atoms with van der Waals surface area (Å²) in [6.45, 7) is 0.412. The number of nitrogens with zero attached hydrogens (tertiary/aromatic N) is 1. The molecule has 0 unspecified atom stereocenters. The Labute approximate surface area is 163 Å². The predicted molar refractivity (Wildman–Crippen MR) is 105 cm³/mol. The summed E-state index contributed by atoms with van der Waals surface area (Å²) in [5.74, 6) is 0.627. The van der Waals surface area contributed by atoms with Crippen molar-refractivity contribution in [3.05, 3.63) is 60.8 Å². The van der Waals surface area contributed by atoms with Crippen molar-refractivity contribution in [1.29, 1.82) is 0 Å². The Morgan fingerprint density at radius 3 is 2.46 bits per heavy atom. The van der Waals surface area contributed by atoms with Crippen LogP contribution in [0.15, 0.2) is 70.6 Å². The minimum absolute atomic E-state index is 0.125. The molecule has 8 nitrogen and oxygen atoms in total. The summed E-state index contributed by atoms with van der Waals surface area (Å²) in [5, 5.41) is 5.99. The zero-order chi connectivity index (χ0) is 20.2. The SMILES string of the molecule is NS(=O)(=O)c1cccc(S(=O)(=O)NCCCOc2cccc3cccnc23)c1. The number of primary sulfonamides is 1. The third kappa shape index (κ3) is 4.84. The van der Waals surface area contributed by atoms with E-state index in [0.29, 0.717) is 12.2 Å². The highest BCUT2D eigenvalue weighted by Gasteiger charge is 2.17. The number of benzene rings is 2. The van der Waals surface area contributed by atoms with Gasteiger partial charge in [0, 0.05) is 18.1 Å². The van der Waals surface area contributed by atoms with Crippen LogP contribution in [-0.2, 0) is 20.0 Å². The lowest BCUT2D eigenvalue weighted by Gasteiger charge is -2.10. The number of hydrogen-bond acceptors (Lipinski definition) is 6. The number of nitrogens with two attached hydrogens (primary N) is 1. The second-order valence-electron chi connectivity index (χ2n) is 5.95. The van der Waals surface area contributed by atoms with Crippen LogP contribution in [0, 0.1) is 0 Å². The molecule has 1 aromatic heterocycles. The normalized spacial score (nSPS) is 12.2. The summed E-state index contributed by atoms with van der Waals surface area (Å²) in [4.78, 5) is 3.86. The van der Waals surface area contributed by atoms with E-state index in [9.17, 15) is 16.8 Å². The van der Waals surface area contributed by atoms with Gasteiger partial charge in [0.05, 0.1) is 16.4 Å². The molecule has 148 valence electrons. The van der Waals surface area contributed by atoms with Gasteiger partial charge in [0.1, 0.15) is 11.3 Å². The van der Waals surface area contributed by atoms with Crippen molar-refractivity contribution in [3.8, 4) is 5.75 Å². The molecule has 3 rings (SSSR count). The van der Waals surface area contributed by atoms with Gasteiger partial charge in [-0.3, -0.25) is 4.98 Å². The van der Waals surface area contributed by atoms with Crippen LogP contribution in [0.2, 0.25) is 0 Å². The van der Waals surface area contributed by atoms with Crippen molar-refractivity contribution in [2.75, 3.05) is 13.2 Å². The van der Waals surface area contributed by atoms with E-state index in [2.05, 4.69) is 9.71 Å². The standard InChI is InChI=1S/C18H19N3O5S2/c19-27(22,23)15-7-2-8-16(13-15)28(24,25)21-11-4-12-26-17-9-1-5-14-6-3-10-20-18(14)17/h1-3,5-10,13,21H,4,11-12H2,(H2,19,22,23). The molecule has 28 heavy (non-hydrogen) atoms. The van der Waals surface area contributed by atoms with Gasteiger partial charge in [-0.15, -0.1) is 0 Å². The Kier molecular flexibility index (Phi) is 5.94. The van der Waals surface area contributed by atoms with Crippen molar-refractivity contribution in [1.82, 2.24) is 9.71 Å². The van der Waals surface area contributed by atoms with Gasteiger partial charge in [-0.1, -0.05) is 24.3 Å². The molecular weight excluding hydrogens is 402 g/mol. The number of pyridine rings is 1. The average molecular weight is 422 g/mol. The summed E-state index contributed by atoms with van der Waals surface area (Å²) >= 11 is 0. The highest BCUT2D eigenvalue weighted by molar-refractivity contribution is 7.90. The first-order valence-corrected chi connectivity index (χ1v) is 11.4. The third-order valence-corrected chi connectivity index (χ3v) is 6.28. The molecule has 0 saturated carbocycles. The summed E-state index contributed by atoms with van der Waals surface area (Å²) < 4.78 is 55.5. The smallest absolute Gasteiger partial charge is 0.240 e. The molecule has 0 amide bonds. The maximum atomic E-state index is 12.3. The molecule has 0 radical (unpaired) electrons. The molecule has 0 atom stereocenters. The number of fused-ring (bicyclic) bond motifs is 1. The number of hydrogen-bond donors (Lipinski definition) is 2. The zero-order valence-corrected chi connectivity index (χ0v) is 16.4. The van der Waals surface area contributed by atoms with Crippen LogP contribution < -0.4 is 14.6 Å². The van der Waals surface area contributed by atoms with E-state index in [-0.39, 0.29) is 22.9 Å². The molecule has 0 aliphatic carbocycles. The molecule has 3 N–H and O–H groups in total. The Balaban J connectivity index is 1.57. The van der Waals surface area contributed by atoms with Gasteiger partial charge < -0.3 is 4.74 Å². The highest BCUT2D eigenvalue weighted by Crippen LogP contribution is 2.23. The van der Waals surface area contributed by atoms with Crippen LogP contribution in [0.1, 0.15) is 6.42 Å². The highest BCUT2D eigenvalue weighted by atomic mass is 32.2. The maximum absolute atomic E-state index is 12.3. The van der Waals surface area contributed by atoms with Gasteiger partial charge in [0.2, 0.25) is 20.0 Å². The van der Waals surface area contributed by atoms with Crippen molar-refractivity contribution < 1.29 is 21.6 Å². The topological polar surface area (TPSA) is 128 Å². The molecule has 10 heteroatoms. The molecule has 2 aromatic carbocycles. The van der Waals surface area contributed by atoms with Gasteiger partial charge in [-0.05, 0) is 36.8 Å². The monoisotopic (exact) mass is 421 g/mol. The quantitative estimate of drug-likeness (QED) is 0.532. The van der Waals surface area contributed by atoms with E-state index in [4.69, 9.17) is 9.88 Å². The van der Waals surface area contributed by atoms with Crippen LogP contribution in [0.25, 0.3) is 10.9 Å². The molecule has 0 fully saturated rings. The largest absolute Gasteiger partial charge is 0.491 e. The first kappa shape index (κ1) is 20.2. The van der Waals surface area contributed by atoms with Crippen LogP contribution >= 0.6 is 0 Å². The lowest BCUT2D eigenvalue weighted by molar-refractivity contribution is 0.314. The van der Waals surface area contributed by atoms with Crippen molar-refractivity contribution in [2.45, 2.75) is 16.2 Å². The lowest BCUT2D eigenvalue weighted by Crippen LogP contribution is -2.26. The first-order valence-electron chi connectivity index (χ1n) is 8.36. The van der Waals surface area contributed by atoms with Gasteiger partial charge >= 0.3 is 0 Å². The molecule has 0 aliphatic heterocycles. The van der Waals surface area contributed by atoms with Gasteiger partial charge in [0.25, 0.3) is 0 Å². The van der Waals surface area contributed by atoms with E-state index in [0.717, 1.165) is 17.0 Å². The van der Waals surface area contributed by atoms with E-state index >= 15 is 0 Å². The van der Waals surface area contributed by atoms with Gasteiger partial charge in [0.15, 0.2) is 0 Å². The fraction of sp³-hybridized carbons (Fsp3) is 0.167. The van der Waals surface area contributed by atoms with Crippen molar-refractivity contribution in [2.24, 2.45) is 5.14 Å². The predicted octanol–water partition coefficient (Wildman–Crippen LogP) is 1.63. The minimum atomic E-state index is -3.98. The maximum Gasteiger partial charge on any atom is 0.240 e. The molecule has 0 spiro atoms. The Hall–Kier alpha value is -2.53. The lowest BCUT2D eigenvalue weighted by atomic mass is 10.2. The molecule has 0 aliphatic rings. The van der Waals surface area contributed by atoms with E-state index < -0.39 is 20.0 Å². The molecule has 0 saturated heterocycles. The van der Waals surface area contributed by atoms with Crippen molar-refractivity contribution >= 4 is 30.9 Å². The number of para-hydroxylation sites is 1. The van der Waals surface area contributed by atoms with Crippen LogP contribution in [0.3, 0.4) is 0 Å². The zero-order valence-electron chi connectivity index (χ0n) is 14.8. The number of aromatic nitrogens is 1. The van der Waals surface area contributed by atoms with Crippen molar-refractivity contribution in [3.63, 3.8) is 0 Å². The molecule has 1 heterocycles. The Bertz CT molecular complexity index is 1190. The second-order valence-corrected chi connectivity index (χ2v) is 9.28. The van der Waals surface area contributed by atoms with Gasteiger partial charge in [-0.25, -0.2) is 26.7 Å². The summed E-state index contributed by atoms with van der Waals surface area (Å²) in [5.41, 5.74) is 0.741. The van der Waals surface area contributed by atoms with Crippen LogP contribution in [0.4, 0.5) is 0 Å². The molecular formula is C18H19N3O5S2. The summed E-state index contributed by atoms with van der Waals surface area (Å²) in [6.07, 6.45) is 2.09. The molecule has 3 aromatic rings. The van der Waals surface area contributed by atoms with Gasteiger partial charge in [-0.2, -0.15) is 0 Å². The fourth-order valence-corrected chi connectivity index (χ4v) is 4.31. The number of ether oxygens (including phenoxy) is 1. The van der Waals surface area contributed by atoms with E-state index in [1.54, 1.807) is 12.3 Å². The Morgan fingerprint density at radius 2 is 1.68 bits per heavy atom. The minimum Gasteiger partial charge on any atom is -0.491 e. The molecule has 0 bridgehead atoms. The third-order valence-electron chi connectivity index (χ3n) is 3.91. The summed E-state index contributed by atoms with van der Waals surface area (Å²) in [6, 6.07) is 14.2. The second kappa shape index (κ2) is 8.23. The van der Waals surface area contributed by atoms with E-state index in [1.165, 1.54) is 18.2 Å². The first-order chi connectivity index (χ1) is 13.3. The number of nitrogens with one attached hydrogen (secondary N) is 1. The fourth-order valence-electron chi connectivity index (χ4n) is 2.56. The number of rotatable bonds is 8. The average Bonchev–Trinajstić information content (AvgIpc) is 2.67. The van der Waals surface area contributed by atoms with Crippen LogP contribution in [0.5, 0.6) is 5.75 Å². The Morgan fingerprint density at radius 1 is 0.964 bits per heavy atom. The van der Waals surface area contributed by atoms with Crippen LogP contribution in [-0.4, -0.2) is 35.0 Å². The summed E-state index contributed by atoms with van der Waals surface area (Å²) in [7, 11) is -7.84. The van der Waals surface area contributed by atoms with E-state index in [1.807, 2.05) is 24.3 Å².